The van der Waals surface area contributed by atoms with Gasteiger partial charge in [-0.1, -0.05) is 0 Å². The van der Waals surface area contributed by atoms with Gasteiger partial charge in [0.25, 0.3) is 5.91 Å². The van der Waals surface area contributed by atoms with Crippen LogP contribution in [0.4, 0.5) is 18.2 Å². The van der Waals surface area contributed by atoms with Crippen molar-refractivity contribution >= 4 is 32.1 Å². The van der Waals surface area contributed by atoms with Gasteiger partial charge < -0.3 is 20.9 Å². The fourth-order valence-electron chi connectivity index (χ4n) is 1.95. The van der Waals surface area contributed by atoms with Crippen LogP contribution in [0.1, 0.15) is 12.5 Å². The molecular formula is C15H15F3N2O5S2. The molecule has 4 N–H and O–H groups in total. The summed E-state index contributed by atoms with van der Waals surface area (Å²) in [5.74, 6) is -1.29. The second-order valence-corrected chi connectivity index (χ2v) is 8.54. The quantitative estimate of drug-likeness (QED) is 0.655. The molecule has 1 unspecified atom stereocenters. The zero-order valence-corrected chi connectivity index (χ0v) is 15.4. The molecule has 1 heterocycles. The van der Waals surface area contributed by atoms with Crippen LogP contribution >= 0.6 is 11.3 Å². The fourth-order valence-corrected chi connectivity index (χ4v) is 4.78. The molecule has 0 saturated carbocycles. The molecule has 0 aliphatic heterocycles. The predicted octanol–water partition coefficient (Wildman–Crippen LogP) is 2.26. The SMILES string of the molecule is CC(O)C(=O)Nc1sc(S(=O)(=O)c2ccc(OC(F)(F)F)cc2)cc1CN. The van der Waals surface area contributed by atoms with Gasteiger partial charge in [0.1, 0.15) is 21.1 Å². The summed E-state index contributed by atoms with van der Waals surface area (Å²) in [6.45, 7) is 1.17. The summed E-state index contributed by atoms with van der Waals surface area (Å²) in [5, 5.41) is 11.8. The molecule has 12 heteroatoms. The summed E-state index contributed by atoms with van der Waals surface area (Å²) < 4.78 is 65.4. The summed E-state index contributed by atoms with van der Waals surface area (Å²) in [7, 11) is -4.05. The van der Waals surface area contributed by atoms with E-state index in [0.717, 1.165) is 35.6 Å². The molecule has 0 bridgehead atoms. The highest BCUT2D eigenvalue weighted by atomic mass is 32.2. The number of aliphatic hydroxyl groups is 1. The largest absolute Gasteiger partial charge is 0.573 e. The average molecular weight is 424 g/mol. The van der Waals surface area contributed by atoms with Crippen molar-refractivity contribution < 1.29 is 36.2 Å². The van der Waals surface area contributed by atoms with Gasteiger partial charge in [0.2, 0.25) is 9.84 Å². The second-order valence-electron chi connectivity index (χ2n) is 5.31. The number of amides is 1. The Morgan fingerprint density at radius 2 is 1.93 bits per heavy atom. The van der Waals surface area contributed by atoms with Crippen LogP contribution in [0.15, 0.2) is 39.4 Å². The fraction of sp³-hybridized carbons (Fsp3) is 0.267. The van der Waals surface area contributed by atoms with E-state index in [2.05, 4.69) is 10.1 Å². The molecule has 2 aromatic rings. The maximum absolute atomic E-state index is 12.7. The lowest BCUT2D eigenvalue weighted by atomic mass is 10.3. The lowest BCUT2D eigenvalue weighted by Crippen LogP contribution is -2.24. The van der Waals surface area contributed by atoms with Gasteiger partial charge >= 0.3 is 6.36 Å². The molecule has 0 spiro atoms. The minimum absolute atomic E-state index is 0.0696. The Hall–Kier alpha value is -2.15. The van der Waals surface area contributed by atoms with Gasteiger partial charge in [-0.05, 0) is 37.3 Å². The first-order valence-corrected chi connectivity index (χ1v) is 9.66. The molecule has 1 amide bonds. The van der Waals surface area contributed by atoms with Crippen molar-refractivity contribution in [2.24, 2.45) is 5.73 Å². The summed E-state index contributed by atoms with van der Waals surface area (Å²) >= 11 is 0.724. The molecule has 1 aromatic carbocycles. The molecule has 1 aromatic heterocycles. The molecule has 7 nitrogen and oxygen atoms in total. The van der Waals surface area contributed by atoms with Gasteiger partial charge in [-0.3, -0.25) is 4.79 Å². The molecule has 1 atom stereocenters. The van der Waals surface area contributed by atoms with Gasteiger partial charge in [0, 0.05) is 12.1 Å². The second kappa shape index (κ2) is 7.84. The number of sulfone groups is 1. The number of alkyl halides is 3. The van der Waals surface area contributed by atoms with Crippen LogP contribution in [0.25, 0.3) is 0 Å². The Labute approximate surface area is 156 Å². The van der Waals surface area contributed by atoms with Gasteiger partial charge in [-0.2, -0.15) is 0 Å². The van der Waals surface area contributed by atoms with Gasteiger partial charge in [0.15, 0.2) is 0 Å². The maximum atomic E-state index is 12.7. The lowest BCUT2D eigenvalue weighted by Gasteiger charge is -2.09. The Kier molecular flexibility index (Phi) is 6.14. The van der Waals surface area contributed by atoms with E-state index in [1.54, 1.807) is 0 Å². The van der Waals surface area contributed by atoms with Gasteiger partial charge in [-0.25, -0.2) is 8.42 Å². The number of aliphatic hydroxyl groups excluding tert-OH is 1. The number of ether oxygens (including phenoxy) is 1. The Bertz CT molecular complexity index is 922. The first-order chi connectivity index (χ1) is 12.4. The van der Waals surface area contributed by atoms with Gasteiger partial charge in [-0.15, -0.1) is 24.5 Å². The first-order valence-electron chi connectivity index (χ1n) is 7.36. The normalized spacial score (nSPS) is 13.3. The first kappa shape index (κ1) is 21.2. The monoisotopic (exact) mass is 424 g/mol. The number of anilines is 1. The molecule has 0 saturated heterocycles. The van der Waals surface area contributed by atoms with E-state index in [-0.39, 0.29) is 20.7 Å². The third kappa shape index (κ3) is 5.19. The third-order valence-electron chi connectivity index (χ3n) is 3.25. The third-order valence-corrected chi connectivity index (χ3v) is 6.59. The van der Waals surface area contributed by atoms with E-state index >= 15 is 0 Å². The molecule has 0 aliphatic carbocycles. The van der Waals surface area contributed by atoms with Crippen LogP contribution < -0.4 is 15.8 Å². The molecule has 0 fully saturated rings. The summed E-state index contributed by atoms with van der Waals surface area (Å²) in [6.07, 6.45) is -6.19. The molecular weight excluding hydrogens is 409 g/mol. The minimum atomic E-state index is -4.89. The standard InChI is InChI=1S/C15H15F3N2O5S2/c1-8(21)13(22)20-14-9(7-19)6-12(26-14)27(23,24)11-4-2-10(3-5-11)25-15(16,17)18/h2-6,8,21H,7,19H2,1H3,(H,20,22). The number of nitrogens with one attached hydrogen (secondary N) is 1. The smallest absolute Gasteiger partial charge is 0.406 e. The minimum Gasteiger partial charge on any atom is -0.406 e. The zero-order chi connectivity index (χ0) is 20.4. The number of halogens is 3. The maximum Gasteiger partial charge on any atom is 0.573 e. The van der Waals surface area contributed by atoms with E-state index < -0.39 is 34.0 Å². The Morgan fingerprint density at radius 3 is 2.41 bits per heavy atom. The summed E-state index contributed by atoms with van der Waals surface area (Å²) in [6, 6.07) is 4.98. The number of hydrogen-bond acceptors (Lipinski definition) is 7. The highest BCUT2D eigenvalue weighted by Crippen LogP contribution is 2.35. The van der Waals surface area contributed by atoms with Crippen molar-refractivity contribution in [3.63, 3.8) is 0 Å². The van der Waals surface area contributed by atoms with E-state index in [0.29, 0.717) is 5.56 Å². The van der Waals surface area contributed by atoms with Crippen molar-refractivity contribution in [1.29, 1.82) is 0 Å². The van der Waals surface area contributed by atoms with Gasteiger partial charge in [0.05, 0.1) is 4.90 Å². The number of carbonyl (C=O) groups excluding carboxylic acids is 1. The van der Waals surface area contributed by atoms with Crippen LogP contribution in [-0.2, 0) is 21.2 Å². The predicted molar refractivity (Wildman–Crippen MR) is 91.1 cm³/mol. The zero-order valence-electron chi connectivity index (χ0n) is 13.8. The van der Waals surface area contributed by atoms with Crippen LogP contribution in [0, 0.1) is 0 Å². The van der Waals surface area contributed by atoms with E-state index in [9.17, 15) is 31.5 Å². The highest BCUT2D eigenvalue weighted by molar-refractivity contribution is 7.93. The number of rotatable bonds is 6. The van der Waals surface area contributed by atoms with Crippen molar-refractivity contribution in [3.05, 3.63) is 35.9 Å². The number of thiophene rings is 1. The molecule has 2 rings (SSSR count). The summed E-state index contributed by atoms with van der Waals surface area (Å²) in [5.41, 5.74) is 5.89. The van der Waals surface area contributed by atoms with Crippen LogP contribution in [0.5, 0.6) is 5.75 Å². The molecule has 0 aliphatic rings. The van der Waals surface area contributed by atoms with E-state index in [4.69, 9.17) is 5.73 Å². The summed E-state index contributed by atoms with van der Waals surface area (Å²) in [4.78, 5) is 11.4. The number of benzene rings is 1. The number of carbonyl (C=O) groups is 1. The van der Waals surface area contributed by atoms with E-state index in [1.165, 1.54) is 13.0 Å². The van der Waals surface area contributed by atoms with Crippen molar-refractivity contribution in [1.82, 2.24) is 0 Å². The molecule has 0 radical (unpaired) electrons. The van der Waals surface area contributed by atoms with Crippen LogP contribution in [-0.4, -0.2) is 31.9 Å². The van der Waals surface area contributed by atoms with Crippen LogP contribution in [0.3, 0.4) is 0 Å². The molecule has 148 valence electrons. The van der Waals surface area contributed by atoms with Crippen molar-refractivity contribution in [2.45, 2.75) is 35.0 Å². The molecule has 27 heavy (non-hydrogen) atoms. The highest BCUT2D eigenvalue weighted by Gasteiger charge is 2.31. The average Bonchev–Trinajstić information content (AvgIpc) is 2.97. The van der Waals surface area contributed by atoms with E-state index in [1.807, 2.05) is 0 Å². The lowest BCUT2D eigenvalue weighted by molar-refractivity contribution is -0.274. The topological polar surface area (TPSA) is 119 Å². The van der Waals surface area contributed by atoms with Crippen LogP contribution in [0.2, 0.25) is 0 Å². The Balaban J connectivity index is 2.33. The number of nitrogens with two attached hydrogens (primary N) is 1. The van der Waals surface area contributed by atoms with Crippen molar-refractivity contribution in [2.75, 3.05) is 5.32 Å². The Morgan fingerprint density at radius 1 is 1.33 bits per heavy atom. The van der Waals surface area contributed by atoms with Crippen molar-refractivity contribution in [3.8, 4) is 5.75 Å². The number of hydrogen-bond donors (Lipinski definition) is 3.